The molecule has 6 nitrogen and oxygen atoms in total. The second kappa shape index (κ2) is 8.29. The van der Waals surface area contributed by atoms with Crippen LogP contribution in [0.15, 0.2) is 24.3 Å². The number of allylic oxidation sites excluding steroid dienone is 1. The molecule has 0 aliphatic carbocycles. The van der Waals surface area contributed by atoms with Gasteiger partial charge in [-0.05, 0) is 52.3 Å². The summed E-state index contributed by atoms with van der Waals surface area (Å²) in [7, 11) is 2.11. The normalized spacial score (nSPS) is 23.5. The Morgan fingerprint density at radius 2 is 2.10 bits per heavy atom. The molecule has 7 heteroatoms. The third kappa shape index (κ3) is 4.68. The summed E-state index contributed by atoms with van der Waals surface area (Å²) in [6, 6.07) is 6.27. The molecule has 1 saturated heterocycles. The summed E-state index contributed by atoms with van der Waals surface area (Å²) in [5, 5.41) is 1.02. The van der Waals surface area contributed by atoms with Crippen LogP contribution in [-0.2, 0) is 9.47 Å². The van der Waals surface area contributed by atoms with E-state index in [1.54, 1.807) is 16.2 Å². The van der Waals surface area contributed by atoms with Crippen molar-refractivity contribution >= 4 is 33.3 Å². The van der Waals surface area contributed by atoms with Gasteiger partial charge in [-0.1, -0.05) is 19.1 Å². The highest BCUT2D eigenvalue weighted by Crippen LogP contribution is 2.34. The van der Waals surface area contributed by atoms with Crippen LogP contribution < -0.4 is 0 Å². The fourth-order valence-electron chi connectivity index (χ4n) is 3.84. The molecule has 2 aliphatic rings. The van der Waals surface area contributed by atoms with Crippen LogP contribution in [0.25, 0.3) is 15.9 Å². The molecule has 0 saturated carbocycles. The number of likely N-dealkylation sites (N-methyl/N-ethyl adjacent to an activating group) is 1. The molecule has 4 rings (SSSR count). The summed E-state index contributed by atoms with van der Waals surface area (Å²) in [5.74, 6) is 0.399. The Morgan fingerprint density at radius 3 is 2.83 bits per heavy atom. The Kier molecular flexibility index (Phi) is 5.88. The Bertz CT molecular complexity index is 962. The van der Waals surface area contributed by atoms with Crippen molar-refractivity contribution in [3.63, 3.8) is 0 Å². The number of amides is 1. The molecule has 0 N–H and O–H groups in total. The molecule has 1 unspecified atom stereocenters. The van der Waals surface area contributed by atoms with Crippen molar-refractivity contribution in [2.24, 2.45) is 5.92 Å². The van der Waals surface area contributed by atoms with E-state index in [9.17, 15) is 4.79 Å². The number of nitrogens with zero attached hydrogens (tertiary/aromatic N) is 3. The molecule has 1 fully saturated rings. The maximum atomic E-state index is 12.9. The first kappa shape index (κ1) is 21.3. The van der Waals surface area contributed by atoms with Crippen molar-refractivity contribution in [3.8, 4) is 0 Å². The van der Waals surface area contributed by atoms with Gasteiger partial charge in [0.05, 0.1) is 22.5 Å². The van der Waals surface area contributed by atoms with Gasteiger partial charge in [0.2, 0.25) is 0 Å². The minimum Gasteiger partial charge on any atom is -0.443 e. The van der Waals surface area contributed by atoms with E-state index in [1.165, 1.54) is 0 Å². The zero-order valence-electron chi connectivity index (χ0n) is 18.5. The van der Waals surface area contributed by atoms with Crippen LogP contribution in [0.5, 0.6) is 0 Å². The van der Waals surface area contributed by atoms with Crippen LogP contribution in [0, 0.1) is 5.92 Å². The number of carbonyl (C=O) groups is 1. The van der Waals surface area contributed by atoms with Crippen molar-refractivity contribution in [3.05, 3.63) is 34.8 Å². The summed E-state index contributed by atoms with van der Waals surface area (Å²) in [4.78, 5) is 21.8. The molecule has 30 heavy (non-hydrogen) atoms. The minimum atomic E-state index is -0.524. The molecular weight excluding hydrogens is 398 g/mol. The van der Waals surface area contributed by atoms with E-state index < -0.39 is 5.60 Å². The number of hydrogen-bond acceptors (Lipinski definition) is 6. The highest BCUT2D eigenvalue weighted by molar-refractivity contribution is 7.18. The summed E-state index contributed by atoms with van der Waals surface area (Å²) in [6.07, 6.45) is 2.82. The number of carbonyl (C=O) groups excluding carboxylic acids is 1. The highest BCUT2D eigenvalue weighted by Gasteiger charge is 2.30. The van der Waals surface area contributed by atoms with Gasteiger partial charge in [-0.3, -0.25) is 4.90 Å². The molecule has 162 valence electrons. The van der Waals surface area contributed by atoms with E-state index in [1.807, 2.05) is 20.8 Å². The van der Waals surface area contributed by atoms with Crippen LogP contribution in [0.2, 0.25) is 0 Å². The van der Waals surface area contributed by atoms with Gasteiger partial charge in [0.15, 0.2) is 0 Å². The zero-order valence-corrected chi connectivity index (χ0v) is 19.3. The second-order valence-corrected chi connectivity index (χ2v) is 10.4. The largest absolute Gasteiger partial charge is 0.443 e. The molecule has 2 aromatic rings. The minimum absolute atomic E-state index is 0.0256. The topological polar surface area (TPSA) is 54.9 Å². The van der Waals surface area contributed by atoms with Gasteiger partial charge < -0.3 is 14.4 Å². The Hall–Kier alpha value is -1.96. The predicted molar refractivity (Wildman–Crippen MR) is 121 cm³/mol. The van der Waals surface area contributed by atoms with Gasteiger partial charge in [0, 0.05) is 25.2 Å². The lowest BCUT2D eigenvalue weighted by Crippen LogP contribution is -2.39. The number of rotatable bonds is 2. The number of benzene rings is 1. The van der Waals surface area contributed by atoms with Crippen molar-refractivity contribution < 1.29 is 14.3 Å². The van der Waals surface area contributed by atoms with E-state index in [2.05, 4.69) is 43.1 Å². The summed E-state index contributed by atoms with van der Waals surface area (Å²) in [5.41, 5.74) is 2.34. The molecule has 2 aliphatic heterocycles. The molecule has 0 bridgehead atoms. The number of fused-ring (bicyclic) bond motifs is 1. The third-order valence-corrected chi connectivity index (χ3v) is 6.49. The van der Waals surface area contributed by atoms with E-state index in [4.69, 9.17) is 14.5 Å². The quantitative estimate of drug-likeness (QED) is 0.678. The first-order chi connectivity index (χ1) is 14.2. The van der Waals surface area contributed by atoms with E-state index in [0.717, 1.165) is 52.6 Å². The van der Waals surface area contributed by atoms with Gasteiger partial charge in [-0.2, -0.15) is 0 Å². The number of thiazole rings is 1. The first-order valence-corrected chi connectivity index (χ1v) is 11.4. The van der Waals surface area contributed by atoms with Crippen LogP contribution in [0.3, 0.4) is 0 Å². The van der Waals surface area contributed by atoms with Crippen LogP contribution in [0.4, 0.5) is 4.79 Å². The monoisotopic (exact) mass is 429 g/mol. The number of morpholine rings is 1. The molecule has 2 atom stereocenters. The van der Waals surface area contributed by atoms with Gasteiger partial charge in [0.25, 0.3) is 0 Å². The Balaban J connectivity index is 1.63. The lowest BCUT2D eigenvalue weighted by molar-refractivity contribution is -0.0208. The predicted octanol–water partition coefficient (Wildman–Crippen LogP) is 4.92. The molecule has 1 aromatic heterocycles. The lowest BCUT2D eigenvalue weighted by atomic mass is 9.98. The third-order valence-electron chi connectivity index (χ3n) is 5.36. The Labute approximate surface area is 182 Å². The van der Waals surface area contributed by atoms with Crippen molar-refractivity contribution in [1.82, 2.24) is 14.8 Å². The lowest BCUT2D eigenvalue weighted by Gasteiger charge is -2.33. The van der Waals surface area contributed by atoms with Gasteiger partial charge in [-0.25, -0.2) is 9.78 Å². The van der Waals surface area contributed by atoms with E-state index in [-0.39, 0.29) is 12.2 Å². The fourth-order valence-corrected chi connectivity index (χ4v) is 4.83. The second-order valence-electron chi connectivity index (χ2n) is 9.38. The average Bonchev–Trinajstić information content (AvgIpc) is 3.10. The summed E-state index contributed by atoms with van der Waals surface area (Å²) in [6.45, 7) is 11.1. The van der Waals surface area contributed by atoms with Gasteiger partial charge >= 0.3 is 6.09 Å². The van der Waals surface area contributed by atoms with Crippen molar-refractivity contribution in [2.45, 2.75) is 45.8 Å². The van der Waals surface area contributed by atoms with Gasteiger partial charge in [-0.15, -0.1) is 11.3 Å². The van der Waals surface area contributed by atoms with E-state index in [0.29, 0.717) is 12.5 Å². The number of aromatic nitrogens is 1. The highest BCUT2D eigenvalue weighted by atomic mass is 32.1. The summed E-state index contributed by atoms with van der Waals surface area (Å²) >= 11 is 1.69. The van der Waals surface area contributed by atoms with Gasteiger partial charge in [0.1, 0.15) is 16.7 Å². The number of ether oxygens (including phenoxy) is 2. The average molecular weight is 430 g/mol. The van der Waals surface area contributed by atoms with E-state index >= 15 is 0 Å². The summed E-state index contributed by atoms with van der Waals surface area (Å²) < 4.78 is 12.8. The maximum Gasteiger partial charge on any atom is 0.414 e. The first-order valence-electron chi connectivity index (χ1n) is 10.6. The molecule has 1 amide bonds. The molecule has 0 radical (unpaired) electrons. The molecular formula is C23H31N3O3S. The maximum absolute atomic E-state index is 12.9. The number of hydrogen-bond donors (Lipinski definition) is 0. The van der Waals surface area contributed by atoms with Crippen LogP contribution >= 0.6 is 11.3 Å². The molecule has 0 spiro atoms. The Morgan fingerprint density at radius 1 is 1.30 bits per heavy atom. The smallest absolute Gasteiger partial charge is 0.414 e. The molecule has 3 heterocycles. The van der Waals surface area contributed by atoms with Crippen molar-refractivity contribution in [1.29, 1.82) is 0 Å². The SMILES string of the molecule is C[C@H]1CC=C(c2ccc3sc(C4CN(C)CCO4)nc3c2)N(C(=O)OC(C)(C)C)C1. The molecule has 1 aromatic carbocycles. The van der Waals surface area contributed by atoms with Crippen molar-refractivity contribution in [2.75, 3.05) is 33.3 Å². The van der Waals surface area contributed by atoms with Crippen LogP contribution in [-0.4, -0.2) is 59.8 Å². The van der Waals surface area contributed by atoms with Crippen LogP contribution in [0.1, 0.15) is 50.8 Å². The fraction of sp³-hybridized carbons (Fsp3) is 0.565. The zero-order chi connectivity index (χ0) is 21.5. The standard InChI is InChI=1S/C23H31N3O3S/c1-15-6-8-18(26(13-15)22(27)29-23(2,3)4)16-7-9-20-17(12-16)24-21(30-20)19-14-25(5)10-11-28-19/h7-9,12,15,19H,6,10-11,13-14H2,1-5H3/t15-,19?/m0/s1.